The maximum absolute atomic E-state index is 13.6. The summed E-state index contributed by atoms with van der Waals surface area (Å²) in [5.74, 6) is 3.59. The summed E-state index contributed by atoms with van der Waals surface area (Å²) < 4.78 is 11.0. The van der Waals surface area contributed by atoms with Gasteiger partial charge in [0.25, 0.3) is 0 Å². The zero-order chi connectivity index (χ0) is 31.4. The number of morpholine rings is 1. The third-order valence-corrected chi connectivity index (χ3v) is 9.41. The highest BCUT2D eigenvalue weighted by Gasteiger charge is 2.35. The summed E-state index contributed by atoms with van der Waals surface area (Å²) in [6.07, 6.45) is 5.93. The Morgan fingerprint density at radius 2 is 1.77 bits per heavy atom. The highest BCUT2D eigenvalue weighted by Crippen LogP contribution is 2.29. The molecule has 5 atom stereocenters. The van der Waals surface area contributed by atoms with Gasteiger partial charge >= 0.3 is 5.97 Å². The predicted molar refractivity (Wildman–Crippen MR) is 162 cm³/mol. The van der Waals surface area contributed by atoms with Gasteiger partial charge in [-0.25, -0.2) is 0 Å². The van der Waals surface area contributed by atoms with E-state index in [1.165, 1.54) is 9.80 Å². The van der Waals surface area contributed by atoms with E-state index in [4.69, 9.17) is 27.0 Å². The molecule has 43 heavy (non-hydrogen) atoms. The van der Waals surface area contributed by atoms with Gasteiger partial charge in [-0.2, -0.15) is 5.90 Å². The molecule has 3 amide bonds. The van der Waals surface area contributed by atoms with Gasteiger partial charge in [0.05, 0.1) is 44.2 Å². The second-order valence-electron chi connectivity index (χ2n) is 12.5. The van der Waals surface area contributed by atoms with Crippen LogP contribution < -0.4 is 11.2 Å². The summed E-state index contributed by atoms with van der Waals surface area (Å²) in [6, 6.07) is 0.209. The second kappa shape index (κ2) is 18.1. The van der Waals surface area contributed by atoms with E-state index in [1.807, 2.05) is 0 Å². The Labute approximate surface area is 261 Å². The van der Waals surface area contributed by atoms with Crippen LogP contribution in [0.15, 0.2) is 0 Å². The van der Waals surface area contributed by atoms with E-state index in [9.17, 15) is 19.2 Å². The molecule has 3 rings (SSSR count). The lowest BCUT2D eigenvalue weighted by atomic mass is 9.86. The van der Waals surface area contributed by atoms with E-state index in [0.29, 0.717) is 38.1 Å². The molecule has 0 aromatic rings. The van der Waals surface area contributed by atoms with Gasteiger partial charge in [0, 0.05) is 51.3 Å². The number of alkyl halides is 1. The highest BCUT2D eigenvalue weighted by atomic mass is 35.5. The predicted octanol–water partition coefficient (Wildman–Crippen LogP) is 1.68. The van der Waals surface area contributed by atoms with Crippen molar-refractivity contribution < 1.29 is 33.5 Å². The van der Waals surface area contributed by atoms with Gasteiger partial charge in [-0.1, -0.05) is 20.3 Å². The van der Waals surface area contributed by atoms with Crippen LogP contribution in [0.25, 0.3) is 0 Å². The van der Waals surface area contributed by atoms with Crippen molar-refractivity contribution in [2.75, 3.05) is 59.6 Å². The van der Waals surface area contributed by atoms with Crippen molar-refractivity contribution in [1.82, 2.24) is 20.0 Å². The molecule has 0 aromatic carbocycles. The minimum Gasteiger partial charge on any atom is -0.381 e. The van der Waals surface area contributed by atoms with Gasteiger partial charge in [0.1, 0.15) is 0 Å². The number of methoxy groups -OCH3 is 1. The Bertz CT molecular complexity index is 919. The molecule has 0 bridgehead atoms. The number of nitrogens with zero attached hydrogens (tertiary/aromatic N) is 3. The number of amides is 3. The Morgan fingerprint density at radius 3 is 2.42 bits per heavy atom. The molecule has 0 radical (unpaired) electrons. The van der Waals surface area contributed by atoms with Crippen molar-refractivity contribution >= 4 is 35.3 Å². The fraction of sp³-hybridized carbons (Fsp3) is 0.867. The van der Waals surface area contributed by atoms with Gasteiger partial charge in [-0.15, -0.1) is 11.6 Å². The van der Waals surface area contributed by atoms with Crippen molar-refractivity contribution in [2.24, 2.45) is 17.7 Å². The molecule has 3 N–H and O–H groups in total. The number of rotatable bonds is 14. The van der Waals surface area contributed by atoms with Gasteiger partial charge in [0.2, 0.25) is 17.7 Å². The SMILES string of the molecule is COC1CCCC(C(=O)N(CCC(=O)ON)CC(=O)N(CCC(C)C)CC(=O)NC2CCC(N3CCOCC3)C(Cl)C2)C1. The van der Waals surface area contributed by atoms with E-state index in [1.54, 1.807) is 7.11 Å². The van der Waals surface area contributed by atoms with Crippen molar-refractivity contribution in [2.45, 2.75) is 95.2 Å². The third-order valence-electron chi connectivity index (χ3n) is 8.95. The molecule has 0 aromatic heterocycles. The van der Waals surface area contributed by atoms with Crippen molar-refractivity contribution in [3.63, 3.8) is 0 Å². The Morgan fingerprint density at radius 1 is 1.02 bits per heavy atom. The molecule has 246 valence electrons. The molecule has 5 unspecified atom stereocenters. The highest BCUT2D eigenvalue weighted by molar-refractivity contribution is 6.21. The van der Waals surface area contributed by atoms with Crippen LogP contribution in [-0.2, 0) is 33.5 Å². The number of hydrogen-bond donors (Lipinski definition) is 2. The number of hydrogen-bond acceptors (Lipinski definition) is 9. The lowest BCUT2D eigenvalue weighted by Gasteiger charge is -2.41. The quantitative estimate of drug-likeness (QED) is 0.217. The Kier molecular flexibility index (Phi) is 14.9. The number of nitrogens with one attached hydrogen (secondary N) is 1. The van der Waals surface area contributed by atoms with E-state index >= 15 is 0 Å². The monoisotopic (exact) mass is 629 g/mol. The van der Waals surface area contributed by atoms with Crippen LogP contribution >= 0.6 is 11.6 Å². The topological polar surface area (TPSA) is 144 Å². The number of carbonyl (C=O) groups is 4. The van der Waals surface area contributed by atoms with Crippen LogP contribution in [-0.4, -0.2) is 122 Å². The van der Waals surface area contributed by atoms with E-state index in [-0.39, 0.29) is 73.3 Å². The summed E-state index contributed by atoms with van der Waals surface area (Å²) in [7, 11) is 1.64. The van der Waals surface area contributed by atoms with Crippen LogP contribution in [0.4, 0.5) is 0 Å². The first-order chi connectivity index (χ1) is 20.6. The lowest BCUT2D eigenvalue weighted by Crippen LogP contribution is -2.54. The molecule has 0 spiro atoms. The van der Waals surface area contributed by atoms with Crippen LogP contribution in [0.3, 0.4) is 0 Å². The molecule has 2 saturated carbocycles. The minimum atomic E-state index is -0.666. The second-order valence-corrected chi connectivity index (χ2v) is 13.1. The molecule has 13 heteroatoms. The summed E-state index contributed by atoms with van der Waals surface area (Å²) in [4.78, 5) is 61.8. The number of nitrogens with two attached hydrogens (primary N) is 1. The zero-order valence-corrected chi connectivity index (χ0v) is 26.9. The lowest BCUT2D eigenvalue weighted by molar-refractivity contribution is -0.149. The van der Waals surface area contributed by atoms with Crippen LogP contribution in [0.5, 0.6) is 0 Å². The van der Waals surface area contributed by atoms with Crippen LogP contribution in [0, 0.1) is 11.8 Å². The summed E-state index contributed by atoms with van der Waals surface area (Å²) in [5, 5.41) is 3.03. The maximum atomic E-state index is 13.6. The minimum absolute atomic E-state index is 0.00245. The third kappa shape index (κ3) is 11.5. The normalized spacial score (nSPS) is 26.5. The van der Waals surface area contributed by atoms with Crippen molar-refractivity contribution in [3.8, 4) is 0 Å². The molecule has 3 aliphatic rings. The largest absolute Gasteiger partial charge is 0.381 e. The molecular formula is C30H52ClN5O7. The molecule has 3 fully saturated rings. The fourth-order valence-electron chi connectivity index (χ4n) is 6.36. The molecule has 1 aliphatic heterocycles. The molecule has 1 heterocycles. The average Bonchev–Trinajstić information content (AvgIpc) is 3.00. The first-order valence-corrected chi connectivity index (χ1v) is 16.3. The standard InChI is InChI=1S/C30H52ClN5O7/c1-21(2)9-11-35(19-27(37)33-23-7-8-26(25(31)18-23)34-13-15-42-16-14-34)28(38)20-36(12-10-29(39)43-32)30(40)22-5-4-6-24(17-22)41-3/h21-26H,4-20,32H2,1-3H3,(H,33,37). The first kappa shape index (κ1) is 35.5. The molecule has 12 nitrogen and oxygen atoms in total. The maximum Gasteiger partial charge on any atom is 0.326 e. The summed E-state index contributed by atoms with van der Waals surface area (Å²) in [6.45, 7) is 7.34. The van der Waals surface area contributed by atoms with Crippen molar-refractivity contribution in [3.05, 3.63) is 0 Å². The van der Waals surface area contributed by atoms with Gasteiger partial charge in [-0.05, 0) is 50.9 Å². The first-order valence-electron chi connectivity index (χ1n) is 15.8. The Hall–Kier alpha value is -1.99. The number of carbonyl (C=O) groups excluding carboxylic acids is 4. The molecule has 1 saturated heterocycles. The van der Waals surface area contributed by atoms with Crippen LogP contribution in [0.2, 0.25) is 0 Å². The molecule has 2 aliphatic carbocycles. The van der Waals surface area contributed by atoms with E-state index in [0.717, 1.165) is 52.0 Å². The fourth-order valence-corrected chi connectivity index (χ4v) is 6.86. The summed E-state index contributed by atoms with van der Waals surface area (Å²) in [5.41, 5.74) is 0. The van der Waals surface area contributed by atoms with Gasteiger partial charge in [-0.3, -0.25) is 24.1 Å². The average molecular weight is 630 g/mol. The number of ether oxygens (including phenoxy) is 2. The number of halogens is 1. The summed E-state index contributed by atoms with van der Waals surface area (Å²) >= 11 is 6.78. The van der Waals surface area contributed by atoms with Crippen molar-refractivity contribution in [1.29, 1.82) is 0 Å². The molecular weight excluding hydrogens is 578 g/mol. The van der Waals surface area contributed by atoms with Gasteiger partial charge < -0.3 is 29.4 Å². The van der Waals surface area contributed by atoms with Crippen LogP contribution in [0.1, 0.15) is 71.6 Å². The van der Waals surface area contributed by atoms with E-state index in [2.05, 4.69) is 28.9 Å². The Balaban J connectivity index is 1.61. The van der Waals surface area contributed by atoms with Gasteiger partial charge in [0.15, 0.2) is 0 Å². The van der Waals surface area contributed by atoms with E-state index < -0.39 is 5.97 Å². The zero-order valence-electron chi connectivity index (χ0n) is 26.1. The smallest absolute Gasteiger partial charge is 0.326 e.